The van der Waals surface area contributed by atoms with Crippen molar-refractivity contribution >= 4 is 22.0 Å². The number of nitrogens with one attached hydrogen (secondary N) is 3. The first-order valence-corrected chi connectivity index (χ1v) is 16.7. The van der Waals surface area contributed by atoms with Gasteiger partial charge in [0.2, 0.25) is 15.9 Å². The van der Waals surface area contributed by atoms with Gasteiger partial charge in [-0.15, -0.1) is 0 Å². The van der Waals surface area contributed by atoms with Gasteiger partial charge in [0, 0.05) is 38.6 Å². The summed E-state index contributed by atoms with van der Waals surface area (Å²) in [7, 11) is -1.76. The van der Waals surface area contributed by atoms with Crippen molar-refractivity contribution in [2.24, 2.45) is 0 Å². The molecule has 0 aliphatic carbocycles. The smallest absolute Gasteiger partial charge is 0.318 e. The van der Waals surface area contributed by atoms with Crippen LogP contribution in [0.2, 0.25) is 0 Å². The van der Waals surface area contributed by atoms with E-state index in [1.807, 2.05) is 98.0 Å². The molecule has 3 aromatic rings. The normalized spacial score (nSPS) is 15.3. The van der Waals surface area contributed by atoms with Crippen LogP contribution in [0.1, 0.15) is 29.5 Å². The zero-order valence-electron chi connectivity index (χ0n) is 25.2. The number of benzene rings is 3. The van der Waals surface area contributed by atoms with Gasteiger partial charge in [0.05, 0.1) is 12.4 Å². The largest absolute Gasteiger partial charge is 0.352 e. The van der Waals surface area contributed by atoms with E-state index in [-0.39, 0.29) is 30.7 Å². The molecule has 11 heteroatoms. The minimum Gasteiger partial charge on any atom is -0.352 e. The molecule has 0 radical (unpaired) electrons. The molecule has 44 heavy (non-hydrogen) atoms. The highest BCUT2D eigenvalue weighted by Crippen LogP contribution is 2.12. The summed E-state index contributed by atoms with van der Waals surface area (Å²) in [5.74, 6) is -0.585. The zero-order chi connectivity index (χ0) is 31.2. The molecular weight excluding hydrogens is 578 g/mol. The van der Waals surface area contributed by atoms with E-state index in [0.717, 1.165) is 29.8 Å². The van der Waals surface area contributed by atoms with Gasteiger partial charge in [0.25, 0.3) is 0 Å². The third-order valence-corrected chi connectivity index (χ3v) is 8.81. The molecule has 3 amide bonds. The third kappa shape index (κ3) is 11.4. The van der Waals surface area contributed by atoms with Crippen LogP contribution in [-0.2, 0) is 39.1 Å². The van der Waals surface area contributed by atoms with E-state index in [1.165, 1.54) is 0 Å². The highest BCUT2D eigenvalue weighted by Gasteiger charge is 2.28. The Morgan fingerprint density at radius 3 is 1.95 bits per heavy atom. The van der Waals surface area contributed by atoms with Crippen molar-refractivity contribution in [3.8, 4) is 0 Å². The summed E-state index contributed by atoms with van der Waals surface area (Å²) in [6, 6.07) is 27.1. The summed E-state index contributed by atoms with van der Waals surface area (Å²) >= 11 is 0. The van der Waals surface area contributed by atoms with E-state index in [4.69, 9.17) is 4.84 Å². The maximum atomic E-state index is 13.8. The van der Waals surface area contributed by atoms with E-state index < -0.39 is 22.1 Å². The van der Waals surface area contributed by atoms with Crippen LogP contribution in [0, 0.1) is 0 Å². The molecule has 0 spiro atoms. The second kappa shape index (κ2) is 16.9. The number of carbonyl (C=O) groups is 2. The predicted molar refractivity (Wildman–Crippen MR) is 171 cm³/mol. The van der Waals surface area contributed by atoms with Gasteiger partial charge in [-0.05, 0) is 43.0 Å². The topological polar surface area (TPSA) is 120 Å². The lowest BCUT2D eigenvalue weighted by Gasteiger charge is -2.33. The average Bonchev–Trinajstić information content (AvgIpc) is 3.03. The van der Waals surface area contributed by atoms with Crippen LogP contribution in [0.5, 0.6) is 0 Å². The van der Waals surface area contributed by atoms with Gasteiger partial charge in [-0.3, -0.25) is 9.63 Å². The number of rotatable bonds is 15. The molecule has 1 heterocycles. The molecule has 3 N–H and O–H groups in total. The molecule has 236 valence electrons. The van der Waals surface area contributed by atoms with Crippen LogP contribution in [0.3, 0.4) is 0 Å². The first-order chi connectivity index (χ1) is 21.3. The Bertz CT molecular complexity index is 1400. The summed E-state index contributed by atoms with van der Waals surface area (Å²) in [5, 5.41) is 6.01. The monoisotopic (exact) mass is 621 g/mol. The number of aryl methyl sites for hydroxylation is 1. The molecule has 10 nitrogen and oxygen atoms in total. The predicted octanol–water partition coefficient (Wildman–Crippen LogP) is 3.11. The molecule has 1 aliphatic heterocycles. The van der Waals surface area contributed by atoms with Crippen molar-refractivity contribution in [2.45, 2.75) is 44.4 Å². The zero-order valence-corrected chi connectivity index (χ0v) is 26.0. The number of piperazine rings is 1. The van der Waals surface area contributed by atoms with Crippen molar-refractivity contribution in [3.63, 3.8) is 0 Å². The van der Waals surface area contributed by atoms with E-state index in [1.54, 1.807) is 4.90 Å². The molecule has 2 atom stereocenters. The summed E-state index contributed by atoms with van der Waals surface area (Å²) in [6.07, 6.45) is 1.67. The molecule has 0 aromatic heterocycles. The lowest BCUT2D eigenvalue weighted by molar-refractivity contribution is -0.123. The van der Waals surface area contributed by atoms with Crippen molar-refractivity contribution in [1.82, 2.24) is 25.3 Å². The molecular formula is C33H43N5O5S. The second-order valence-corrected chi connectivity index (χ2v) is 13.0. The number of carbonyl (C=O) groups excluding carboxylic acids is 2. The van der Waals surface area contributed by atoms with Crippen molar-refractivity contribution in [3.05, 3.63) is 108 Å². The molecule has 1 fully saturated rings. The lowest BCUT2D eigenvalue weighted by atomic mass is 10.0. The van der Waals surface area contributed by atoms with E-state index in [2.05, 4.69) is 20.4 Å². The van der Waals surface area contributed by atoms with Crippen LogP contribution in [-0.4, -0.2) is 81.2 Å². The van der Waals surface area contributed by atoms with E-state index in [0.29, 0.717) is 32.4 Å². The molecule has 1 unspecified atom stereocenters. The van der Waals surface area contributed by atoms with Gasteiger partial charge in [0.15, 0.2) is 0 Å². The van der Waals surface area contributed by atoms with Crippen LogP contribution < -0.4 is 15.5 Å². The number of nitrogens with zero attached hydrogens (tertiary/aromatic N) is 2. The Hall–Kier alpha value is -3.77. The number of urea groups is 1. The fourth-order valence-electron chi connectivity index (χ4n) is 5.00. The highest BCUT2D eigenvalue weighted by molar-refractivity contribution is 7.89. The summed E-state index contributed by atoms with van der Waals surface area (Å²) in [4.78, 5) is 38.3. The minimum atomic E-state index is -3.78. The first kappa shape index (κ1) is 33.1. The lowest BCUT2D eigenvalue weighted by Crippen LogP contribution is -2.57. The second-order valence-electron chi connectivity index (χ2n) is 11.2. The maximum Gasteiger partial charge on any atom is 0.318 e. The number of hydrogen-bond acceptors (Lipinski definition) is 6. The molecule has 3 aromatic carbocycles. The Morgan fingerprint density at radius 2 is 1.34 bits per heavy atom. The highest BCUT2D eigenvalue weighted by atomic mass is 32.2. The first-order valence-electron chi connectivity index (χ1n) is 15.0. The molecule has 4 rings (SSSR count). The van der Waals surface area contributed by atoms with Gasteiger partial charge in [-0.2, -0.15) is 0 Å². The van der Waals surface area contributed by atoms with Crippen LogP contribution in [0.25, 0.3) is 0 Å². The van der Waals surface area contributed by atoms with Crippen LogP contribution >= 0.6 is 0 Å². The van der Waals surface area contributed by atoms with Gasteiger partial charge in [-0.25, -0.2) is 13.2 Å². The number of sulfonamides is 1. The fourth-order valence-corrected chi connectivity index (χ4v) is 5.92. The van der Waals surface area contributed by atoms with Crippen molar-refractivity contribution in [1.29, 1.82) is 0 Å². The Balaban J connectivity index is 1.41. The summed E-state index contributed by atoms with van der Waals surface area (Å²) in [5.41, 5.74) is 2.84. The minimum absolute atomic E-state index is 0.0996. The van der Waals surface area contributed by atoms with E-state index in [9.17, 15) is 18.0 Å². The van der Waals surface area contributed by atoms with Gasteiger partial charge in [0.1, 0.15) is 6.04 Å². The van der Waals surface area contributed by atoms with Gasteiger partial charge < -0.3 is 20.4 Å². The molecule has 0 saturated carbocycles. The summed E-state index contributed by atoms with van der Waals surface area (Å²) < 4.78 is 25.6. The van der Waals surface area contributed by atoms with Gasteiger partial charge >= 0.3 is 6.03 Å². The Morgan fingerprint density at radius 1 is 0.773 bits per heavy atom. The number of hydrogen-bond donors (Lipinski definition) is 3. The number of likely N-dealkylation sites (N-methyl/N-ethyl adjacent to an activating group) is 1. The van der Waals surface area contributed by atoms with Gasteiger partial charge in [-0.1, -0.05) is 95.9 Å². The SMILES string of the molecule is CN1CCN(C(=O)N[C@@H](Cc2ccccc2)C(=O)NC(CCc2ccccc2)CCS(=O)(=O)NOCc2ccccc2)CC1. The van der Waals surface area contributed by atoms with Crippen molar-refractivity contribution < 1.29 is 22.8 Å². The quantitative estimate of drug-likeness (QED) is 0.225. The summed E-state index contributed by atoms with van der Waals surface area (Å²) in [6.45, 7) is 2.80. The van der Waals surface area contributed by atoms with Crippen LogP contribution in [0.15, 0.2) is 91.0 Å². The molecule has 0 bridgehead atoms. The standard InChI is InChI=1S/C33H43N5O5S/c1-37-20-22-38(23-21-37)33(40)35-31(25-28-13-7-3-8-14-28)32(39)34-30(18-17-27-11-5-2-6-12-27)19-24-44(41,42)36-43-26-29-15-9-4-10-16-29/h2-16,30-31,36H,17-26H2,1H3,(H,34,39)(H,35,40)/t30?,31-/m0/s1. The van der Waals surface area contributed by atoms with Crippen molar-refractivity contribution in [2.75, 3.05) is 39.0 Å². The molecule has 1 saturated heterocycles. The molecule has 1 aliphatic rings. The Kier molecular flexibility index (Phi) is 12.7. The Labute approximate surface area is 260 Å². The third-order valence-electron chi connectivity index (χ3n) is 7.66. The maximum absolute atomic E-state index is 13.8. The van der Waals surface area contributed by atoms with Crippen LogP contribution in [0.4, 0.5) is 4.79 Å². The van der Waals surface area contributed by atoms with E-state index >= 15 is 0 Å². The number of amides is 3. The fraction of sp³-hybridized carbons (Fsp3) is 0.394. The average molecular weight is 622 g/mol.